The number of fused-ring (bicyclic) bond motifs is 2. The monoisotopic (exact) mass is 195 g/mol. The highest BCUT2D eigenvalue weighted by Crippen LogP contribution is 2.03. The van der Waals surface area contributed by atoms with Gasteiger partial charge < -0.3 is 0 Å². The van der Waals surface area contributed by atoms with Crippen LogP contribution in [0.15, 0.2) is 18.2 Å². The molecule has 0 saturated heterocycles. The molecule has 0 unspecified atom stereocenters. The normalized spacial score (nSPS) is 16.4. The van der Waals surface area contributed by atoms with Crippen LogP contribution in [-0.2, 0) is 4.79 Å². The SMILES string of the molecule is O=C1C=Cc2cc3c(nc2=C1)C=CCC=3. The largest absolute Gasteiger partial charge is 0.290 e. The average molecular weight is 195 g/mol. The molecule has 0 spiro atoms. The van der Waals surface area contributed by atoms with Crippen LogP contribution in [0.3, 0.4) is 0 Å². The molecule has 1 aromatic rings. The highest BCUT2D eigenvalue weighted by atomic mass is 16.1. The molecule has 0 N–H and O–H groups in total. The Hall–Kier alpha value is -1.96. The van der Waals surface area contributed by atoms with Crippen LogP contribution in [0, 0.1) is 0 Å². The number of ketones is 1. The minimum Gasteiger partial charge on any atom is -0.290 e. The fourth-order valence-electron chi connectivity index (χ4n) is 1.85. The maximum absolute atomic E-state index is 11.2. The number of aromatic nitrogens is 1. The minimum atomic E-state index is 0.0127. The molecule has 0 aromatic carbocycles. The van der Waals surface area contributed by atoms with Gasteiger partial charge >= 0.3 is 0 Å². The molecule has 0 atom stereocenters. The summed E-state index contributed by atoms with van der Waals surface area (Å²) in [6.07, 6.45) is 12.2. The number of rotatable bonds is 0. The predicted molar refractivity (Wildman–Crippen MR) is 60.1 cm³/mol. The second-order valence-electron chi connectivity index (χ2n) is 3.66. The van der Waals surface area contributed by atoms with Crippen LogP contribution in [0.5, 0.6) is 0 Å². The quantitative estimate of drug-likeness (QED) is 0.608. The Labute approximate surface area is 87.0 Å². The second kappa shape index (κ2) is 3.02. The molecule has 15 heavy (non-hydrogen) atoms. The number of hydrogen-bond acceptors (Lipinski definition) is 2. The molecule has 2 heteroatoms. The molecule has 0 saturated carbocycles. The highest BCUT2D eigenvalue weighted by Gasteiger charge is 2.05. The summed E-state index contributed by atoms with van der Waals surface area (Å²) in [5, 5.41) is 1.94. The van der Waals surface area contributed by atoms with Crippen molar-refractivity contribution in [2.75, 3.05) is 0 Å². The van der Waals surface area contributed by atoms with Gasteiger partial charge in [0.2, 0.25) is 0 Å². The van der Waals surface area contributed by atoms with E-state index in [2.05, 4.69) is 23.2 Å². The van der Waals surface area contributed by atoms with Crippen molar-refractivity contribution in [2.45, 2.75) is 6.42 Å². The Morgan fingerprint density at radius 3 is 3.07 bits per heavy atom. The Morgan fingerprint density at radius 2 is 2.13 bits per heavy atom. The molecular weight excluding hydrogens is 186 g/mol. The van der Waals surface area contributed by atoms with Crippen LogP contribution in [-0.4, -0.2) is 10.8 Å². The molecule has 0 bridgehead atoms. The van der Waals surface area contributed by atoms with Crippen molar-refractivity contribution in [1.82, 2.24) is 4.98 Å². The molecule has 2 aliphatic carbocycles. The van der Waals surface area contributed by atoms with Crippen molar-refractivity contribution in [3.8, 4) is 0 Å². The number of allylic oxidation sites excluding steroid dienone is 2. The summed E-state index contributed by atoms with van der Waals surface area (Å²) in [5.41, 5.74) is 1.99. The molecule has 0 radical (unpaired) electrons. The summed E-state index contributed by atoms with van der Waals surface area (Å²) in [6.45, 7) is 0. The van der Waals surface area contributed by atoms with Crippen LogP contribution in [0.4, 0.5) is 0 Å². The molecule has 2 nitrogen and oxygen atoms in total. The third-order valence-electron chi connectivity index (χ3n) is 2.60. The molecule has 3 rings (SSSR count). The Morgan fingerprint density at radius 1 is 1.20 bits per heavy atom. The molecule has 1 aromatic heterocycles. The topological polar surface area (TPSA) is 30.0 Å². The maximum Gasteiger partial charge on any atom is 0.180 e. The molecule has 72 valence electrons. The van der Waals surface area contributed by atoms with E-state index in [0.29, 0.717) is 0 Å². The van der Waals surface area contributed by atoms with Gasteiger partial charge in [-0.05, 0) is 35.9 Å². The fourth-order valence-corrected chi connectivity index (χ4v) is 1.85. The van der Waals surface area contributed by atoms with E-state index in [4.69, 9.17) is 0 Å². The van der Waals surface area contributed by atoms with Crippen molar-refractivity contribution in [3.05, 3.63) is 40.0 Å². The number of hydrogen-bond donors (Lipinski definition) is 0. The molecular formula is C13H9NO. The van der Waals surface area contributed by atoms with E-state index in [0.717, 1.165) is 28.2 Å². The zero-order valence-corrected chi connectivity index (χ0v) is 8.10. The Balaban J connectivity index is 2.38. The van der Waals surface area contributed by atoms with Crippen molar-refractivity contribution >= 4 is 30.1 Å². The summed E-state index contributed by atoms with van der Waals surface area (Å²) in [4.78, 5) is 15.6. The fraction of sp³-hybridized carbons (Fsp3) is 0.0769. The molecule has 1 heterocycles. The third-order valence-corrected chi connectivity index (χ3v) is 2.60. The van der Waals surface area contributed by atoms with E-state index in [1.165, 1.54) is 0 Å². The highest BCUT2D eigenvalue weighted by molar-refractivity contribution is 6.16. The lowest BCUT2D eigenvalue weighted by Crippen LogP contribution is -2.24. The molecule has 0 aliphatic heterocycles. The van der Waals surface area contributed by atoms with E-state index in [9.17, 15) is 4.79 Å². The van der Waals surface area contributed by atoms with Crippen LogP contribution < -0.4 is 10.6 Å². The van der Waals surface area contributed by atoms with Crippen LogP contribution in [0.25, 0.3) is 24.3 Å². The smallest absolute Gasteiger partial charge is 0.180 e. The van der Waals surface area contributed by atoms with E-state index in [-0.39, 0.29) is 5.78 Å². The number of pyridine rings is 1. The predicted octanol–water partition coefficient (Wildman–Crippen LogP) is 0.655. The number of nitrogens with zero attached hydrogens (tertiary/aromatic N) is 1. The zero-order chi connectivity index (χ0) is 10.3. The zero-order valence-electron chi connectivity index (χ0n) is 8.10. The lowest BCUT2D eigenvalue weighted by Gasteiger charge is -2.05. The number of carbonyl (C=O) groups excluding carboxylic acids is 1. The van der Waals surface area contributed by atoms with Gasteiger partial charge in [-0.3, -0.25) is 4.79 Å². The lowest BCUT2D eigenvalue weighted by atomic mass is 10.0. The van der Waals surface area contributed by atoms with E-state index < -0.39 is 0 Å². The maximum atomic E-state index is 11.2. The van der Waals surface area contributed by atoms with Gasteiger partial charge in [0.05, 0.1) is 11.0 Å². The van der Waals surface area contributed by atoms with Gasteiger partial charge in [0.1, 0.15) is 0 Å². The average Bonchev–Trinajstić information content (AvgIpc) is 2.26. The van der Waals surface area contributed by atoms with Crippen molar-refractivity contribution in [2.24, 2.45) is 0 Å². The van der Waals surface area contributed by atoms with Gasteiger partial charge in [0.25, 0.3) is 0 Å². The van der Waals surface area contributed by atoms with Crippen molar-refractivity contribution in [3.63, 3.8) is 0 Å². The van der Waals surface area contributed by atoms with Gasteiger partial charge in [0, 0.05) is 11.6 Å². The summed E-state index contributed by atoms with van der Waals surface area (Å²) >= 11 is 0. The molecule has 0 fully saturated rings. The first-order valence-corrected chi connectivity index (χ1v) is 4.94. The van der Waals surface area contributed by atoms with Gasteiger partial charge in [-0.2, -0.15) is 0 Å². The Kier molecular flexibility index (Phi) is 1.68. The Bertz CT molecular complexity index is 621. The molecule has 0 amide bonds. The first-order valence-electron chi connectivity index (χ1n) is 4.94. The first-order chi connectivity index (χ1) is 7.33. The van der Waals surface area contributed by atoms with Gasteiger partial charge in [-0.15, -0.1) is 0 Å². The summed E-state index contributed by atoms with van der Waals surface area (Å²) in [5.74, 6) is 0.0127. The van der Waals surface area contributed by atoms with Crippen LogP contribution in [0.2, 0.25) is 0 Å². The molecule has 2 aliphatic rings. The van der Waals surface area contributed by atoms with E-state index in [1.54, 1.807) is 12.2 Å². The minimum absolute atomic E-state index is 0.0127. The lowest BCUT2D eigenvalue weighted by molar-refractivity contribution is -0.109. The van der Waals surface area contributed by atoms with Crippen molar-refractivity contribution < 1.29 is 4.79 Å². The van der Waals surface area contributed by atoms with Gasteiger partial charge in [-0.1, -0.05) is 12.2 Å². The van der Waals surface area contributed by atoms with Crippen LogP contribution in [0.1, 0.15) is 17.7 Å². The van der Waals surface area contributed by atoms with Crippen molar-refractivity contribution in [1.29, 1.82) is 0 Å². The standard InChI is InChI=1S/C13H9NO/c15-11-6-5-10-7-9-3-1-2-4-12(9)14-13(10)8-11/h2-8H,1H2. The second-order valence-corrected chi connectivity index (χ2v) is 3.66. The van der Waals surface area contributed by atoms with Crippen LogP contribution >= 0.6 is 0 Å². The van der Waals surface area contributed by atoms with Gasteiger partial charge in [-0.25, -0.2) is 4.98 Å². The summed E-state index contributed by atoms with van der Waals surface area (Å²) in [6, 6.07) is 2.08. The van der Waals surface area contributed by atoms with Gasteiger partial charge in [0.15, 0.2) is 5.78 Å². The van der Waals surface area contributed by atoms with E-state index >= 15 is 0 Å². The number of carbonyl (C=O) groups is 1. The summed E-state index contributed by atoms with van der Waals surface area (Å²) in [7, 11) is 0. The first kappa shape index (κ1) is 8.36. The summed E-state index contributed by atoms with van der Waals surface area (Å²) < 4.78 is 0. The van der Waals surface area contributed by atoms with E-state index in [1.807, 2.05) is 12.2 Å². The third kappa shape index (κ3) is 1.34.